The maximum atomic E-state index is 13.0. The second kappa shape index (κ2) is 9.27. The molecule has 0 saturated heterocycles. The number of benzene rings is 1. The lowest BCUT2D eigenvalue weighted by atomic mass is 10.1. The number of halogens is 1. The summed E-state index contributed by atoms with van der Waals surface area (Å²) < 4.78 is 13.0. The van der Waals surface area contributed by atoms with Crippen molar-refractivity contribution in [3.05, 3.63) is 87.3 Å². The van der Waals surface area contributed by atoms with Crippen LogP contribution in [0.5, 0.6) is 0 Å². The summed E-state index contributed by atoms with van der Waals surface area (Å²) in [6.07, 6.45) is 1.60. The lowest BCUT2D eigenvalue weighted by molar-refractivity contribution is -0.120. The van der Waals surface area contributed by atoms with Gasteiger partial charge in [-0.1, -0.05) is 30.0 Å². The molecule has 0 bridgehead atoms. The summed E-state index contributed by atoms with van der Waals surface area (Å²) in [6.45, 7) is 2.01. The Labute approximate surface area is 165 Å². The number of hydrogen-bond donors (Lipinski definition) is 2. The first-order valence-electron chi connectivity index (χ1n) is 8.65. The number of aromatic amines is 1. The van der Waals surface area contributed by atoms with Crippen molar-refractivity contribution in [2.45, 2.75) is 30.8 Å². The van der Waals surface area contributed by atoms with E-state index in [0.29, 0.717) is 28.7 Å². The summed E-state index contributed by atoms with van der Waals surface area (Å²) in [5, 5.41) is 3.21. The minimum Gasteiger partial charge on any atom is -0.350 e. The van der Waals surface area contributed by atoms with E-state index >= 15 is 0 Å². The molecule has 0 aliphatic carbocycles. The number of nitrogens with zero attached hydrogens (tertiary/aromatic N) is 2. The third-order valence-electron chi connectivity index (χ3n) is 4.02. The first kappa shape index (κ1) is 19.8. The normalized spacial score (nSPS) is 10.6. The molecule has 2 aromatic heterocycles. The molecule has 0 saturated carbocycles. The van der Waals surface area contributed by atoms with Crippen molar-refractivity contribution >= 4 is 17.7 Å². The highest BCUT2D eigenvalue weighted by atomic mass is 32.2. The van der Waals surface area contributed by atoms with Gasteiger partial charge in [0.2, 0.25) is 5.91 Å². The maximum Gasteiger partial charge on any atom is 0.255 e. The molecule has 0 spiro atoms. The molecule has 0 aliphatic rings. The molecule has 2 N–H and O–H groups in total. The Morgan fingerprint density at radius 1 is 1.21 bits per heavy atom. The third-order valence-corrected chi connectivity index (χ3v) is 4.96. The van der Waals surface area contributed by atoms with Gasteiger partial charge in [0, 0.05) is 23.2 Å². The minimum absolute atomic E-state index is 0.0517. The van der Waals surface area contributed by atoms with Gasteiger partial charge in [-0.15, -0.1) is 0 Å². The highest BCUT2D eigenvalue weighted by Gasteiger charge is 2.13. The van der Waals surface area contributed by atoms with Crippen molar-refractivity contribution in [2.75, 3.05) is 0 Å². The van der Waals surface area contributed by atoms with E-state index in [2.05, 4.69) is 20.3 Å². The van der Waals surface area contributed by atoms with Gasteiger partial charge in [0.1, 0.15) is 5.82 Å². The predicted octanol–water partition coefficient (Wildman–Crippen LogP) is 2.76. The van der Waals surface area contributed by atoms with Gasteiger partial charge in [-0.25, -0.2) is 9.37 Å². The van der Waals surface area contributed by atoms with Gasteiger partial charge in [0.25, 0.3) is 5.56 Å². The molecule has 0 aliphatic heterocycles. The van der Waals surface area contributed by atoms with Crippen LogP contribution in [0.3, 0.4) is 0 Å². The largest absolute Gasteiger partial charge is 0.350 e. The zero-order valence-electron chi connectivity index (χ0n) is 15.2. The van der Waals surface area contributed by atoms with Crippen molar-refractivity contribution in [3.63, 3.8) is 0 Å². The van der Waals surface area contributed by atoms with Crippen LogP contribution in [-0.2, 0) is 23.5 Å². The number of rotatable bonds is 7. The van der Waals surface area contributed by atoms with Crippen LogP contribution in [0.25, 0.3) is 0 Å². The number of aromatic nitrogens is 3. The molecule has 8 heteroatoms. The first-order valence-corrected chi connectivity index (χ1v) is 9.63. The Morgan fingerprint density at radius 3 is 2.68 bits per heavy atom. The van der Waals surface area contributed by atoms with Crippen molar-refractivity contribution in [1.29, 1.82) is 0 Å². The van der Waals surface area contributed by atoms with Crippen LogP contribution >= 0.6 is 11.8 Å². The first-order chi connectivity index (χ1) is 13.5. The molecular formula is C20H19FN4O2S. The average molecular weight is 398 g/mol. The van der Waals surface area contributed by atoms with Gasteiger partial charge in [-0.3, -0.25) is 14.6 Å². The Morgan fingerprint density at radius 2 is 2.00 bits per heavy atom. The molecule has 1 amide bonds. The van der Waals surface area contributed by atoms with Gasteiger partial charge >= 0.3 is 0 Å². The molecule has 144 valence electrons. The van der Waals surface area contributed by atoms with E-state index < -0.39 is 0 Å². The number of carbonyl (C=O) groups is 1. The molecule has 28 heavy (non-hydrogen) atoms. The molecule has 0 fully saturated rings. The van der Waals surface area contributed by atoms with Gasteiger partial charge in [0.15, 0.2) is 5.16 Å². The third kappa shape index (κ3) is 5.50. The molecule has 3 rings (SSSR count). The average Bonchev–Trinajstić information content (AvgIpc) is 2.69. The molecule has 2 heterocycles. The molecule has 0 atom stereocenters. The van der Waals surface area contributed by atoms with E-state index in [1.807, 2.05) is 12.1 Å². The number of pyridine rings is 1. The number of thioether (sulfide) groups is 1. The number of amides is 1. The molecule has 1 aromatic carbocycles. The van der Waals surface area contributed by atoms with Crippen LogP contribution in [-0.4, -0.2) is 20.9 Å². The quantitative estimate of drug-likeness (QED) is 0.472. The molecule has 6 nitrogen and oxygen atoms in total. The molecule has 0 unspecified atom stereocenters. The zero-order chi connectivity index (χ0) is 19.9. The lowest BCUT2D eigenvalue weighted by Gasteiger charge is -2.08. The Balaban J connectivity index is 1.60. The predicted molar refractivity (Wildman–Crippen MR) is 105 cm³/mol. The monoisotopic (exact) mass is 398 g/mol. The topological polar surface area (TPSA) is 87.7 Å². The Hall–Kier alpha value is -3.00. The number of carbonyl (C=O) groups excluding carboxylic acids is 1. The van der Waals surface area contributed by atoms with E-state index in [1.54, 1.807) is 31.3 Å². The lowest BCUT2D eigenvalue weighted by Crippen LogP contribution is -2.29. The SMILES string of the molecule is Cc1nc(SCc2ccc(F)cc2)[nH]c(=O)c1CC(=O)NCc1ccccn1. The summed E-state index contributed by atoms with van der Waals surface area (Å²) in [6, 6.07) is 11.6. The highest BCUT2D eigenvalue weighted by molar-refractivity contribution is 7.98. The summed E-state index contributed by atoms with van der Waals surface area (Å²) in [5.74, 6) is -0.0124. The van der Waals surface area contributed by atoms with Gasteiger partial charge < -0.3 is 10.3 Å². The standard InChI is InChI=1S/C20H19FN4O2S/c1-13-17(10-18(26)23-11-16-4-2-3-9-22-16)19(27)25-20(24-13)28-12-14-5-7-15(21)8-6-14/h2-9H,10-12H2,1H3,(H,23,26)(H,24,25,27). The van der Waals surface area contributed by atoms with Crippen molar-refractivity contribution in [2.24, 2.45) is 0 Å². The van der Waals surface area contributed by atoms with Gasteiger partial charge in [-0.05, 0) is 36.8 Å². The van der Waals surface area contributed by atoms with Crippen molar-refractivity contribution < 1.29 is 9.18 Å². The van der Waals surface area contributed by atoms with Crippen molar-refractivity contribution in [3.8, 4) is 0 Å². The molecular weight excluding hydrogens is 379 g/mol. The van der Waals surface area contributed by atoms with E-state index in [9.17, 15) is 14.0 Å². The van der Waals surface area contributed by atoms with Crippen LogP contribution < -0.4 is 10.9 Å². The summed E-state index contributed by atoms with van der Waals surface area (Å²) in [4.78, 5) is 35.8. The van der Waals surface area contributed by atoms with Crippen LogP contribution in [0.2, 0.25) is 0 Å². The zero-order valence-corrected chi connectivity index (χ0v) is 16.1. The Bertz CT molecular complexity index is 1010. The highest BCUT2D eigenvalue weighted by Crippen LogP contribution is 2.19. The summed E-state index contributed by atoms with van der Waals surface area (Å²) in [7, 11) is 0. The fourth-order valence-corrected chi connectivity index (χ4v) is 3.37. The number of hydrogen-bond acceptors (Lipinski definition) is 5. The fraction of sp³-hybridized carbons (Fsp3) is 0.200. The smallest absolute Gasteiger partial charge is 0.255 e. The maximum absolute atomic E-state index is 13.0. The number of aryl methyl sites for hydroxylation is 1. The van der Waals surface area contributed by atoms with E-state index in [0.717, 1.165) is 11.3 Å². The Kier molecular flexibility index (Phi) is 6.54. The van der Waals surface area contributed by atoms with E-state index in [1.165, 1.54) is 23.9 Å². The van der Waals surface area contributed by atoms with Crippen LogP contribution in [0.4, 0.5) is 4.39 Å². The summed E-state index contributed by atoms with van der Waals surface area (Å²) >= 11 is 1.34. The molecule has 0 radical (unpaired) electrons. The van der Waals surface area contributed by atoms with E-state index in [-0.39, 0.29) is 23.7 Å². The van der Waals surface area contributed by atoms with Gasteiger partial charge in [-0.2, -0.15) is 0 Å². The van der Waals surface area contributed by atoms with Crippen molar-refractivity contribution in [1.82, 2.24) is 20.3 Å². The van der Waals surface area contributed by atoms with Crippen LogP contribution in [0.1, 0.15) is 22.5 Å². The minimum atomic E-state index is -0.331. The van der Waals surface area contributed by atoms with Crippen LogP contribution in [0.15, 0.2) is 58.6 Å². The second-order valence-electron chi connectivity index (χ2n) is 6.12. The fourth-order valence-electron chi connectivity index (χ4n) is 2.51. The number of H-pyrrole nitrogens is 1. The number of nitrogens with one attached hydrogen (secondary N) is 2. The molecule has 3 aromatic rings. The van der Waals surface area contributed by atoms with Gasteiger partial charge in [0.05, 0.1) is 18.7 Å². The second-order valence-corrected chi connectivity index (χ2v) is 7.09. The summed E-state index contributed by atoms with van der Waals surface area (Å²) in [5.41, 5.74) is 2.18. The van der Waals surface area contributed by atoms with Crippen LogP contribution in [0, 0.1) is 12.7 Å². The van der Waals surface area contributed by atoms with E-state index in [4.69, 9.17) is 0 Å².